The molecular formula is C24H27N5O2. The summed E-state index contributed by atoms with van der Waals surface area (Å²) in [5.41, 5.74) is 5.40. The molecule has 1 N–H and O–H groups in total. The van der Waals surface area contributed by atoms with Crippen LogP contribution in [0.25, 0.3) is 11.0 Å². The Morgan fingerprint density at radius 3 is 2.16 bits per heavy atom. The Morgan fingerprint density at radius 2 is 1.48 bits per heavy atom. The molecule has 1 fully saturated rings. The molecule has 0 radical (unpaired) electrons. The predicted molar refractivity (Wildman–Crippen MR) is 120 cm³/mol. The number of amides is 2. The summed E-state index contributed by atoms with van der Waals surface area (Å²) in [5, 5.41) is 2.93. The number of nitrogens with zero attached hydrogens (tertiary/aromatic N) is 4. The van der Waals surface area contributed by atoms with E-state index in [0.29, 0.717) is 23.2 Å². The van der Waals surface area contributed by atoms with Gasteiger partial charge in [0.05, 0.1) is 22.4 Å². The van der Waals surface area contributed by atoms with Gasteiger partial charge >= 0.3 is 0 Å². The lowest BCUT2D eigenvalue weighted by Gasteiger charge is -2.32. The second kappa shape index (κ2) is 8.81. The molecule has 0 bridgehead atoms. The van der Waals surface area contributed by atoms with E-state index in [1.807, 2.05) is 49.1 Å². The molecule has 0 spiro atoms. The first-order chi connectivity index (χ1) is 14.9. The van der Waals surface area contributed by atoms with Crippen LogP contribution in [0.1, 0.15) is 37.7 Å². The molecule has 7 heteroatoms. The maximum Gasteiger partial charge on any atom is 0.253 e. The van der Waals surface area contributed by atoms with E-state index in [4.69, 9.17) is 0 Å². The van der Waals surface area contributed by atoms with Crippen molar-refractivity contribution in [2.24, 2.45) is 0 Å². The number of rotatable bonds is 4. The topological polar surface area (TPSA) is 78.4 Å². The van der Waals surface area contributed by atoms with Crippen LogP contribution < -0.4 is 5.32 Å². The van der Waals surface area contributed by atoms with E-state index in [0.717, 1.165) is 48.6 Å². The molecule has 1 aliphatic rings. The summed E-state index contributed by atoms with van der Waals surface area (Å²) in [7, 11) is 2.07. The zero-order valence-electron chi connectivity index (χ0n) is 18.2. The van der Waals surface area contributed by atoms with Gasteiger partial charge in [-0.3, -0.25) is 9.59 Å². The highest BCUT2D eigenvalue weighted by atomic mass is 16.2. The molecule has 31 heavy (non-hydrogen) atoms. The van der Waals surface area contributed by atoms with Crippen LogP contribution in [0.4, 0.5) is 0 Å². The number of benzene rings is 2. The van der Waals surface area contributed by atoms with Crippen molar-refractivity contribution in [3.05, 3.63) is 70.5 Å². The smallest absolute Gasteiger partial charge is 0.253 e. The Morgan fingerprint density at radius 1 is 0.871 bits per heavy atom. The van der Waals surface area contributed by atoms with Gasteiger partial charge in [0.15, 0.2) is 0 Å². The maximum absolute atomic E-state index is 12.6. The molecule has 0 unspecified atom stereocenters. The lowest BCUT2D eigenvalue weighted by atomic mass is 10.1. The van der Waals surface area contributed by atoms with Gasteiger partial charge in [-0.1, -0.05) is 12.1 Å². The summed E-state index contributed by atoms with van der Waals surface area (Å²) in [5.74, 6) is -0.106. The minimum absolute atomic E-state index is 0.0616. The average molecular weight is 418 g/mol. The van der Waals surface area contributed by atoms with Gasteiger partial charge in [0.25, 0.3) is 11.8 Å². The van der Waals surface area contributed by atoms with Gasteiger partial charge in [0, 0.05) is 43.9 Å². The minimum atomic E-state index is -0.167. The van der Waals surface area contributed by atoms with Crippen LogP contribution in [0.5, 0.6) is 0 Å². The van der Waals surface area contributed by atoms with Crippen molar-refractivity contribution < 1.29 is 9.59 Å². The number of likely N-dealkylation sites (N-methyl/N-ethyl adjacent to an activating group) is 1. The molecular weight excluding hydrogens is 390 g/mol. The number of hydrogen-bond donors (Lipinski definition) is 1. The summed E-state index contributed by atoms with van der Waals surface area (Å²) < 4.78 is 0. The van der Waals surface area contributed by atoms with Crippen molar-refractivity contribution in [1.82, 2.24) is 25.1 Å². The molecule has 4 rings (SSSR count). The first kappa shape index (κ1) is 20.9. The molecule has 0 atom stereocenters. The quantitative estimate of drug-likeness (QED) is 0.706. The fourth-order valence-corrected chi connectivity index (χ4v) is 3.61. The third kappa shape index (κ3) is 4.72. The van der Waals surface area contributed by atoms with Crippen LogP contribution >= 0.6 is 0 Å². The average Bonchev–Trinajstić information content (AvgIpc) is 2.78. The molecule has 1 aromatic heterocycles. The van der Waals surface area contributed by atoms with E-state index in [2.05, 4.69) is 27.2 Å². The summed E-state index contributed by atoms with van der Waals surface area (Å²) in [4.78, 5) is 38.4. The number of carbonyl (C=O) groups is 2. The number of hydrogen-bond acceptors (Lipinski definition) is 5. The highest BCUT2D eigenvalue weighted by molar-refractivity contribution is 5.97. The lowest BCUT2D eigenvalue weighted by molar-refractivity contribution is 0.0664. The predicted octanol–water partition coefficient (Wildman–Crippen LogP) is 2.56. The van der Waals surface area contributed by atoms with Crippen LogP contribution in [0.3, 0.4) is 0 Å². The molecule has 0 saturated carbocycles. The SMILES string of the molecule is Cc1nc2ccc(C(=O)NCc3ccc(C(=O)N4CCN(C)CC4)cc3)cc2nc1C. The molecule has 1 aliphatic heterocycles. The van der Waals surface area contributed by atoms with Crippen molar-refractivity contribution in [2.45, 2.75) is 20.4 Å². The number of carbonyl (C=O) groups excluding carboxylic acids is 2. The van der Waals surface area contributed by atoms with E-state index in [1.54, 1.807) is 12.1 Å². The first-order valence-corrected chi connectivity index (χ1v) is 10.5. The fraction of sp³-hybridized carbons (Fsp3) is 0.333. The Bertz CT molecular complexity index is 1120. The van der Waals surface area contributed by atoms with E-state index >= 15 is 0 Å². The number of aromatic nitrogens is 2. The molecule has 2 heterocycles. The van der Waals surface area contributed by atoms with Crippen LogP contribution in [0.15, 0.2) is 42.5 Å². The van der Waals surface area contributed by atoms with Crippen LogP contribution in [0.2, 0.25) is 0 Å². The van der Waals surface area contributed by atoms with E-state index in [9.17, 15) is 9.59 Å². The minimum Gasteiger partial charge on any atom is -0.348 e. The highest BCUT2D eigenvalue weighted by Crippen LogP contribution is 2.15. The Balaban J connectivity index is 1.37. The number of aryl methyl sites for hydroxylation is 2. The van der Waals surface area contributed by atoms with Gasteiger partial charge in [0.2, 0.25) is 0 Å². The maximum atomic E-state index is 12.6. The normalized spacial score (nSPS) is 14.6. The molecule has 160 valence electrons. The van der Waals surface area contributed by atoms with Crippen LogP contribution in [-0.4, -0.2) is 64.8 Å². The second-order valence-electron chi connectivity index (χ2n) is 8.07. The summed E-state index contributed by atoms with van der Waals surface area (Å²) in [6.07, 6.45) is 0. The van der Waals surface area contributed by atoms with Crippen molar-refractivity contribution in [3.8, 4) is 0 Å². The Labute approximate surface area is 182 Å². The van der Waals surface area contributed by atoms with Crippen molar-refractivity contribution in [1.29, 1.82) is 0 Å². The Kier molecular flexibility index (Phi) is 5.95. The zero-order chi connectivity index (χ0) is 22.0. The van der Waals surface area contributed by atoms with Gasteiger partial charge in [-0.25, -0.2) is 9.97 Å². The third-order valence-corrected chi connectivity index (χ3v) is 5.78. The third-order valence-electron chi connectivity index (χ3n) is 5.78. The van der Waals surface area contributed by atoms with Crippen molar-refractivity contribution >= 4 is 22.8 Å². The van der Waals surface area contributed by atoms with E-state index in [1.165, 1.54) is 0 Å². The largest absolute Gasteiger partial charge is 0.348 e. The molecule has 7 nitrogen and oxygen atoms in total. The van der Waals surface area contributed by atoms with Gasteiger partial charge in [0.1, 0.15) is 0 Å². The molecule has 3 aromatic rings. The fourth-order valence-electron chi connectivity index (χ4n) is 3.61. The van der Waals surface area contributed by atoms with Crippen molar-refractivity contribution in [3.63, 3.8) is 0 Å². The molecule has 1 saturated heterocycles. The van der Waals surface area contributed by atoms with Crippen molar-refractivity contribution in [2.75, 3.05) is 33.2 Å². The van der Waals surface area contributed by atoms with Gasteiger partial charge in [-0.2, -0.15) is 0 Å². The highest BCUT2D eigenvalue weighted by Gasteiger charge is 2.20. The number of nitrogens with one attached hydrogen (secondary N) is 1. The van der Waals surface area contributed by atoms with Crippen LogP contribution in [0, 0.1) is 13.8 Å². The lowest BCUT2D eigenvalue weighted by Crippen LogP contribution is -2.47. The second-order valence-corrected chi connectivity index (χ2v) is 8.07. The summed E-state index contributed by atoms with van der Waals surface area (Å²) in [6, 6.07) is 12.8. The Hall–Kier alpha value is -3.32. The monoisotopic (exact) mass is 417 g/mol. The number of piperazine rings is 1. The molecule has 2 aromatic carbocycles. The van der Waals surface area contributed by atoms with Crippen LogP contribution in [-0.2, 0) is 6.54 Å². The summed E-state index contributed by atoms with van der Waals surface area (Å²) >= 11 is 0. The number of fused-ring (bicyclic) bond motifs is 1. The zero-order valence-corrected chi connectivity index (χ0v) is 18.2. The van der Waals surface area contributed by atoms with E-state index in [-0.39, 0.29) is 11.8 Å². The van der Waals surface area contributed by atoms with Gasteiger partial charge < -0.3 is 15.1 Å². The molecule has 2 amide bonds. The first-order valence-electron chi connectivity index (χ1n) is 10.5. The van der Waals surface area contributed by atoms with E-state index < -0.39 is 0 Å². The van der Waals surface area contributed by atoms with Gasteiger partial charge in [-0.05, 0) is 56.8 Å². The summed E-state index contributed by atoms with van der Waals surface area (Å²) in [6.45, 7) is 7.52. The van der Waals surface area contributed by atoms with Gasteiger partial charge in [-0.15, -0.1) is 0 Å². The molecule has 0 aliphatic carbocycles. The standard InChI is InChI=1S/C24H27N5O2/c1-16-17(2)27-22-14-20(8-9-21(22)26-16)23(30)25-15-18-4-6-19(7-5-18)24(31)29-12-10-28(3)11-13-29/h4-9,14H,10-13,15H2,1-3H3,(H,25,30).